The molecule has 0 aliphatic rings. The molecule has 0 saturated carbocycles. The Morgan fingerprint density at radius 2 is 1.71 bits per heavy atom. The van der Waals surface area contributed by atoms with Crippen molar-refractivity contribution in [3.8, 4) is 17.1 Å². The van der Waals surface area contributed by atoms with Crippen LogP contribution in [0.25, 0.3) is 17.1 Å². The molecular formula is C22H17BrN4O. The third-order valence-corrected chi connectivity index (χ3v) is 4.72. The van der Waals surface area contributed by atoms with E-state index in [4.69, 9.17) is 0 Å². The first-order valence-corrected chi connectivity index (χ1v) is 9.56. The molecule has 3 aromatic carbocycles. The maximum Gasteiger partial charge on any atom is 0.295 e. The second-order valence-corrected chi connectivity index (χ2v) is 7.25. The molecule has 0 fully saturated rings. The Morgan fingerprint density at radius 3 is 2.43 bits per heavy atom. The summed E-state index contributed by atoms with van der Waals surface area (Å²) < 4.78 is 2.64. The van der Waals surface area contributed by atoms with Crippen LogP contribution in [0, 0.1) is 6.92 Å². The fourth-order valence-electron chi connectivity index (χ4n) is 2.85. The molecular weight excluding hydrogens is 416 g/mol. The van der Waals surface area contributed by atoms with E-state index in [1.165, 1.54) is 0 Å². The van der Waals surface area contributed by atoms with Crippen molar-refractivity contribution >= 4 is 27.5 Å². The number of nitrogens with one attached hydrogen (secondary N) is 1. The number of aryl methyl sites for hydroxylation is 1. The summed E-state index contributed by atoms with van der Waals surface area (Å²) in [6.45, 7) is 2.02. The number of para-hydroxylation sites is 1. The molecule has 0 aliphatic carbocycles. The summed E-state index contributed by atoms with van der Waals surface area (Å²) >= 11 is 3.39. The van der Waals surface area contributed by atoms with Crippen LogP contribution in [0.1, 0.15) is 16.2 Å². The average molecular weight is 433 g/mol. The summed E-state index contributed by atoms with van der Waals surface area (Å²) in [5, 5.41) is 7.33. The number of carbonyl (C=O) groups excluding carboxylic acids is 1. The van der Waals surface area contributed by atoms with Crippen LogP contribution in [-0.2, 0) is 0 Å². The van der Waals surface area contributed by atoms with Crippen molar-refractivity contribution in [1.29, 1.82) is 0 Å². The van der Waals surface area contributed by atoms with E-state index in [1.54, 1.807) is 4.68 Å². The van der Waals surface area contributed by atoms with Crippen LogP contribution in [-0.4, -0.2) is 20.7 Å². The Hall–Kier alpha value is -3.25. The third kappa shape index (κ3) is 3.87. The molecule has 4 rings (SSSR count). The van der Waals surface area contributed by atoms with Gasteiger partial charge in [0.15, 0.2) is 5.82 Å². The number of rotatable bonds is 4. The van der Waals surface area contributed by atoms with E-state index >= 15 is 0 Å². The van der Waals surface area contributed by atoms with Gasteiger partial charge >= 0.3 is 0 Å². The highest BCUT2D eigenvalue weighted by atomic mass is 79.9. The summed E-state index contributed by atoms with van der Waals surface area (Å²) in [5.74, 6) is 0.380. The molecule has 138 valence electrons. The number of carbonyl (C=O) groups is 1. The van der Waals surface area contributed by atoms with Crippen LogP contribution < -0.4 is 5.32 Å². The molecule has 0 spiro atoms. The normalized spacial score (nSPS) is 10.6. The number of aromatic nitrogens is 3. The summed E-state index contributed by atoms with van der Waals surface area (Å²) in [4.78, 5) is 17.3. The molecule has 4 aromatic rings. The fourth-order valence-corrected chi connectivity index (χ4v) is 3.11. The van der Waals surface area contributed by atoms with Crippen molar-refractivity contribution < 1.29 is 4.79 Å². The quantitative estimate of drug-likeness (QED) is 0.478. The summed E-state index contributed by atoms with van der Waals surface area (Å²) in [6, 6.07) is 25.0. The molecule has 0 bridgehead atoms. The zero-order valence-electron chi connectivity index (χ0n) is 15.1. The molecule has 5 nitrogen and oxygen atoms in total. The minimum Gasteiger partial charge on any atom is -0.319 e. The first-order chi connectivity index (χ1) is 13.6. The largest absolute Gasteiger partial charge is 0.319 e. The molecule has 1 N–H and O–H groups in total. The maximum absolute atomic E-state index is 12.7. The molecule has 0 unspecified atom stereocenters. The lowest BCUT2D eigenvalue weighted by atomic mass is 10.1. The van der Waals surface area contributed by atoms with Gasteiger partial charge in [0.25, 0.3) is 5.91 Å². The average Bonchev–Trinajstić information content (AvgIpc) is 3.16. The van der Waals surface area contributed by atoms with Crippen LogP contribution in [0.2, 0.25) is 0 Å². The Balaban J connectivity index is 1.74. The molecule has 0 atom stereocenters. The lowest BCUT2D eigenvalue weighted by molar-refractivity contribution is 0.101. The molecule has 1 heterocycles. The molecule has 28 heavy (non-hydrogen) atoms. The topological polar surface area (TPSA) is 59.8 Å². The van der Waals surface area contributed by atoms with Gasteiger partial charge in [-0.05, 0) is 49.4 Å². The molecule has 0 radical (unpaired) electrons. The monoisotopic (exact) mass is 432 g/mol. The van der Waals surface area contributed by atoms with Gasteiger partial charge < -0.3 is 5.32 Å². The van der Waals surface area contributed by atoms with E-state index in [9.17, 15) is 4.79 Å². The van der Waals surface area contributed by atoms with Crippen molar-refractivity contribution in [3.05, 3.63) is 94.7 Å². The van der Waals surface area contributed by atoms with Crippen molar-refractivity contribution in [2.45, 2.75) is 6.92 Å². The van der Waals surface area contributed by atoms with Gasteiger partial charge in [0, 0.05) is 15.7 Å². The number of nitrogens with zero attached hydrogens (tertiary/aromatic N) is 3. The van der Waals surface area contributed by atoms with Gasteiger partial charge in [-0.15, -0.1) is 5.10 Å². The van der Waals surface area contributed by atoms with Gasteiger partial charge in [-0.3, -0.25) is 4.79 Å². The van der Waals surface area contributed by atoms with Crippen molar-refractivity contribution in [2.75, 3.05) is 5.32 Å². The van der Waals surface area contributed by atoms with Crippen LogP contribution in [0.3, 0.4) is 0 Å². The molecule has 1 amide bonds. The highest BCUT2D eigenvalue weighted by molar-refractivity contribution is 9.10. The van der Waals surface area contributed by atoms with Crippen LogP contribution in [0.5, 0.6) is 0 Å². The Kier molecular flexibility index (Phi) is 5.04. The minimum absolute atomic E-state index is 0.114. The first-order valence-electron chi connectivity index (χ1n) is 8.76. The lowest BCUT2D eigenvalue weighted by Crippen LogP contribution is -2.14. The van der Waals surface area contributed by atoms with Crippen LogP contribution >= 0.6 is 15.9 Å². The summed E-state index contributed by atoms with van der Waals surface area (Å²) in [5.41, 5.74) is 3.54. The summed E-state index contributed by atoms with van der Waals surface area (Å²) in [7, 11) is 0. The number of amides is 1. The number of anilines is 1. The van der Waals surface area contributed by atoms with Crippen LogP contribution in [0.4, 0.5) is 5.69 Å². The fraction of sp³-hybridized carbons (Fsp3) is 0.0455. The van der Waals surface area contributed by atoms with E-state index in [2.05, 4.69) is 31.3 Å². The highest BCUT2D eigenvalue weighted by Gasteiger charge is 2.19. The van der Waals surface area contributed by atoms with Gasteiger partial charge in [0.2, 0.25) is 5.82 Å². The Bertz CT molecular complexity index is 1120. The molecule has 6 heteroatoms. The molecule has 0 aliphatic heterocycles. The first kappa shape index (κ1) is 18.1. The van der Waals surface area contributed by atoms with Gasteiger partial charge in [-0.25, -0.2) is 9.67 Å². The SMILES string of the molecule is Cc1cccc(-c2nc(C(=O)Nc3ccc(Br)cc3)nn2-c2ccccc2)c1. The van der Waals surface area contributed by atoms with E-state index in [0.717, 1.165) is 21.3 Å². The van der Waals surface area contributed by atoms with Crippen LogP contribution in [0.15, 0.2) is 83.3 Å². The number of halogens is 1. The zero-order chi connectivity index (χ0) is 19.5. The Morgan fingerprint density at radius 1 is 0.964 bits per heavy atom. The predicted molar refractivity (Wildman–Crippen MR) is 114 cm³/mol. The third-order valence-electron chi connectivity index (χ3n) is 4.19. The van der Waals surface area contributed by atoms with Gasteiger partial charge in [0.1, 0.15) is 0 Å². The van der Waals surface area contributed by atoms with E-state index in [1.807, 2.05) is 85.8 Å². The number of hydrogen-bond acceptors (Lipinski definition) is 3. The number of benzene rings is 3. The van der Waals surface area contributed by atoms with E-state index in [-0.39, 0.29) is 11.7 Å². The predicted octanol–water partition coefficient (Wildman–Crippen LogP) is 5.26. The summed E-state index contributed by atoms with van der Waals surface area (Å²) in [6.07, 6.45) is 0. The Labute approximate surface area is 171 Å². The van der Waals surface area contributed by atoms with Crippen molar-refractivity contribution in [2.24, 2.45) is 0 Å². The van der Waals surface area contributed by atoms with Gasteiger partial charge in [-0.1, -0.05) is 57.9 Å². The maximum atomic E-state index is 12.7. The molecule has 1 aromatic heterocycles. The second-order valence-electron chi connectivity index (χ2n) is 6.34. The minimum atomic E-state index is -0.356. The van der Waals surface area contributed by atoms with Gasteiger partial charge in [0.05, 0.1) is 5.69 Å². The second kappa shape index (κ2) is 7.78. The van der Waals surface area contributed by atoms with Crippen molar-refractivity contribution in [1.82, 2.24) is 14.8 Å². The van der Waals surface area contributed by atoms with Gasteiger partial charge in [-0.2, -0.15) is 0 Å². The smallest absolute Gasteiger partial charge is 0.295 e. The van der Waals surface area contributed by atoms with Crippen molar-refractivity contribution in [3.63, 3.8) is 0 Å². The molecule has 0 saturated heterocycles. The standard InChI is InChI=1S/C22H17BrN4O/c1-15-6-5-7-16(14-15)21-25-20(26-27(21)19-8-3-2-4-9-19)22(28)24-18-12-10-17(23)11-13-18/h2-14H,1H3,(H,24,28). The lowest BCUT2D eigenvalue weighted by Gasteiger charge is -2.06. The van der Waals surface area contributed by atoms with E-state index in [0.29, 0.717) is 11.5 Å². The van der Waals surface area contributed by atoms with E-state index < -0.39 is 0 Å². The highest BCUT2D eigenvalue weighted by Crippen LogP contribution is 2.23. The zero-order valence-corrected chi connectivity index (χ0v) is 16.7. The number of hydrogen-bond donors (Lipinski definition) is 1.